The molecule has 18 nitrogen and oxygen atoms in total. The number of nitrogens with two attached hydrogens (primary N) is 1. The highest BCUT2D eigenvalue weighted by Crippen LogP contribution is 2.40. The second-order valence-corrected chi connectivity index (χ2v) is 17.8. The molecule has 57 heavy (non-hydrogen) atoms. The lowest BCUT2D eigenvalue weighted by atomic mass is 10.0. The second-order valence-electron chi connectivity index (χ2n) is 11.3. The number of carbonyl (C=O) groups is 1. The number of benzene rings is 2. The summed E-state index contributed by atoms with van der Waals surface area (Å²) in [4.78, 5) is 21.7. The Morgan fingerprint density at radius 2 is 1.23 bits per heavy atom. The largest absolute Gasteiger partial charge is 0.315 e. The molecule has 0 radical (unpaired) electrons. The van der Waals surface area contributed by atoms with Crippen molar-refractivity contribution >= 4 is 113 Å². The summed E-state index contributed by atoms with van der Waals surface area (Å²) in [6, 6.07) is 15.0. The van der Waals surface area contributed by atoms with Gasteiger partial charge >= 0.3 is 0 Å². The highest BCUT2D eigenvalue weighted by molar-refractivity contribution is 14.1. The van der Waals surface area contributed by atoms with E-state index in [4.69, 9.17) is 44.8 Å². The minimum atomic E-state index is -0.410. The zero-order chi connectivity index (χ0) is 41.1. The van der Waals surface area contributed by atoms with Gasteiger partial charge in [-0.15, -0.1) is 32.9 Å². The fraction of sp³-hybridized carbons (Fsp3) is 0.242. The Bertz CT molecular complexity index is 2340. The summed E-state index contributed by atoms with van der Waals surface area (Å²) in [6.07, 6.45) is 0. The molecule has 2 aliphatic rings. The maximum Gasteiger partial charge on any atom is 0.249 e. The number of thiophene rings is 2. The van der Waals surface area contributed by atoms with Gasteiger partial charge in [0.2, 0.25) is 5.91 Å². The van der Waals surface area contributed by atoms with E-state index in [2.05, 4.69) is 133 Å². The number of amides is 1. The first kappa shape index (κ1) is 47.0. The molecule has 0 saturated heterocycles. The van der Waals surface area contributed by atoms with Crippen LogP contribution in [-0.2, 0) is 4.79 Å². The lowest BCUT2D eigenvalue weighted by Gasteiger charge is -2.09. The number of anilines is 1. The minimum Gasteiger partial charge on any atom is -0.315 e. The Labute approximate surface area is 372 Å². The number of halogens is 4. The zero-order valence-electron chi connectivity index (χ0n) is 30.0. The van der Waals surface area contributed by atoms with E-state index in [0.29, 0.717) is 5.02 Å². The number of carbonyl (C=O) groups excluding carboxylic acids is 1. The van der Waals surface area contributed by atoms with Gasteiger partial charge in [-0.05, 0) is 147 Å². The summed E-state index contributed by atoms with van der Waals surface area (Å²) in [7, 11) is 0. The van der Waals surface area contributed by atoms with E-state index in [-0.39, 0.29) is 19.4 Å². The van der Waals surface area contributed by atoms with Crippen molar-refractivity contribution in [2.75, 3.05) is 5.32 Å². The Balaban J connectivity index is 0.000000241. The smallest absolute Gasteiger partial charge is 0.249 e. The van der Waals surface area contributed by atoms with Crippen LogP contribution in [0.1, 0.15) is 72.3 Å². The van der Waals surface area contributed by atoms with E-state index in [0.717, 1.165) is 63.2 Å². The van der Waals surface area contributed by atoms with Crippen LogP contribution in [0.25, 0.3) is 5.00 Å². The quantitative estimate of drug-likeness (QED) is 0.0497. The summed E-state index contributed by atoms with van der Waals surface area (Å²) in [5.41, 5.74) is 26.2. The number of aliphatic imine (C=N–C) groups is 2. The fourth-order valence-corrected chi connectivity index (χ4v) is 9.34. The van der Waals surface area contributed by atoms with Crippen molar-refractivity contribution in [2.45, 2.75) is 54.1 Å². The Kier molecular flexibility index (Phi) is 18.1. The monoisotopic (exact) mass is 1070 g/mol. The number of hydrogen-bond acceptors (Lipinski definition) is 11. The predicted octanol–water partition coefficient (Wildman–Crippen LogP) is 11.8. The fourth-order valence-electron chi connectivity index (χ4n) is 5.23. The molecule has 24 heteroatoms. The lowest BCUT2D eigenvalue weighted by molar-refractivity contribution is -0.116. The zero-order valence-corrected chi connectivity index (χ0v) is 37.4. The summed E-state index contributed by atoms with van der Waals surface area (Å²) < 4.78 is 4.56. The van der Waals surface area contributed by atoms with Gasteiger partial charge in [0.05, 0.1) is 17.2 Å². The Morgan fingerprint density at radius 1 is 0.754 bits per heavy atom. The molecule has 0 unspecified atom stereocenters. The van der Waals surface area contributed by atoms with Crippen molar-refractivity contribution < 1.29 is 4.79 Å². The van der Waals surface area contributed by atoms with Crippen LogP contribution in [0.5, 0.6) is 0 Å². The van der Waals surface area contributed by atoms with Crippen LogP contribution in [0, 0.1) is 43.1 Å². The molecule has 0 bridgehead atoms. The first-order valence-electron chi connectivity index (χ1n) is 15.9. The molecule has 2 atom stereocenters. The summed E-state index contributed by atoms with van der Waals surface area (Å²) >= 11 is 20.1. The number of nitrogens with zero attached hydrogens (tertiary/aromatic N) is 12. The van der Waals surface area contributed by atoms with Crippen molar-refractivity contribution in [3.63, 3.8) is 0 Å². The van der Waals surface area contributed by atoms with Gasteiger partial charge in [-0.3, -0.25) is 19.3 Å². The number of fused-ring (bicyclic) bond motifs is 4. The summed E-state index contributed by atoms with van der Waals surface area (Å²) in [6.45, 7) is 10.1. The predicted molar refractivity (Wildman–Crippen MR) is 240 cm³/mol. The molecule has 7 rings (SSSR count). The van der Waals surface area contributed by atoms with Crippen LogP contribution in [0.2, 0.25) is 10.0 Å². The molecule has 5 heterocycles. The number of aryl methyl sites for hydroxylation is 1. The molecule has 2 aromatic carbocycles. The minimum absolute atomic E-state index is 0. The van der Waals surface area contributed by atoms with E-state index < -0.39 is 6.04 Å². The lowest BCUT2D eigenvalue weighted by Crippen LogP contribution is -2.21. The van der Waals surface area contributed by atoms with Crippen LogP contribution in [0.15, 0.2) is 95.1 Å². The molecular formula is C33H35Cl2I2N17OS2. The molecule has 0 spiro atoms. The standard InChI is InChI=1S/C17H14ClIN4S.C15H12ClIN2OS.CH4.H2N6.H3N5/c1-8-13-14(11-4-6-12(18)7-5-11)20-9(2)16-22-21-10(3)23(16)17(13)24-15(8)19;1-7-11-12(9-3-5-10(16)6-4-9)18-8(2)14(20)19-15(11)21-13(7)17;;1-3-5-6-4-2;1-3-5-4-2/h4-7,9H,1-3H3;3-6,8H,1-2H3,(H,19,20);1H4;1-2H;(H3,1,2,5)/b;;;3-1?,4-2?,6-5+;/t9-;8-;;;/m00.../s1. The third-order valence-corrected chi connectivity index (χ3v) is 13.3. The highest BCUT2D eigenvalue weighted by atomic mass is 127. The van der Waals surface area contributed by atoms with Crippen molar-refractivity contribution in [1.29, 1.82) is 16.6 Å². The van der Waals surface area contributed by atoms with Gasteiger partial charge in [-0.1, -0.05) is 60.1 Å². The van der Waals surface area contributed by atoms with Crippen LogP contribution < -0.4 is 11.2 Å². The number of nitrogens with one attached hydrogen (secondary N) is 4. The van der Waals surface area contributed by atoms with Gasteiger partial charge in [0, 0.05) is 32.3 Å². The van der Waals surface area contributed by atoms with Crippen molar-refractivity contribution in [3.8, 4) is 5.00 Å². The topological polar surface area (TPSA) is 269 Å². The van der Waals surface area contributed by atoms with E-state index >= 15 is 0 Å². The van der Waals surface area contributed by atoms with E-state index in [1.807, 2.05) is 62.4 Å². The molecule has 0 fully saturated rings. The van der Waals surface area contributed by atoms with Gasteiger partial charge in [0.25, 0.3) is 0 Å². The van der Waals surface area contributed by atoms with E-state index in [1.165, 1.54) is 14.0 Å². The summed E-state index contributed by atoms with van der Waals surface area (Å²) in [5.74, 6) is 6.09. The Morgan fingerprint density at radius 3 is 1.72 bits per heavy atom. The van der Waals surface area contributed by atoms with Gasteiger partial charge in [-0.2, -0.15) is 16.6 Å². The molecule has 6 N–H and O–H groups in total. The molecule has 0 saturated carbocycles. The Hall–Kier alpha value is -4.37. The van der Waals surface area contributed by atoms with Gasteiger partial charge in [-0.25, -0.2) is 0 Å². The van der Waals surface area contributed by atoms with E-state index in [9.17, 15) is 4.79 Å². The van der Waals surface area contributed by atoms with Crippen LogP contribution in [0.3, 0.4) is 0 Å². The third-order valence-electron chi connectivity index (χ3n) is 7.78. The van der Waals surface area contributed by atoms with Gasteiger partial charge in [0.1, 0.15) is 27.9 Å². The number of aromatic nitrogens is 3. The van der Waals surface area contributed by atoms with Gasteiger partial charge in [0.15, 0.2) is 5.82 Å². The normalized spacial score (nSPS) is 15.1. The van der Waals surface area contributed by atoms with E-state index in [1.54, 1.807) is 22.7 Å². The van der Waals surface area contributed by atoms with Crippen LogP contribution in [-0.4, -0.2) is 38.1 Å². The molecule has 2 aliphatic heterocycles. The first-order valence-corrected chi connectivity index (χ1v) is 20.4. The average Bonchev–Trinajstić information content (AvgIpc) is 3.74. The van der Waals surface area contributed by atoms with Crippen molar-refractivity contribution in [2.24, 2.45) is 52.4 Å². The molecule has 0 aliphatic carbocycles. The van der Waals surface area contributed by atoms with Crippen LogP contribution in [0.4, 0.5) is 5.00 Å². The molecule has 5 aromatic rings. The first-order chi connectivity index (χ1) is 26.8. The van der Waals surface area contributed by atoms with Gasteiger partial charge < -0.3 is 11.2 Å². The van der Waals surface area contributed by atoms with Crippen molar-refractivity contribution in [1.82, 2.24) is 14.8 Å². The van der Waals surface area contributed by atoms with Crippen molar-refractivity contribution in [3.05, 3.63) is 109 Å². The maximum absolute atomic E-state index is 12.1. The molecular weight excluding hydrogens is 1040 g/mol. The molecule has 3 aromatic heterocycles. The summed E-state index contributed by atoms with van der Waals surface area (Å²) in [5, 5.41) is 32.9. The maximum atomic E-state index is 12.1. The molecule has 298 valence electrons. The third kappa shape index (κ3) is 11.4. The highest BCUT2D eigenvalue weighted by Gasteiger charge is 2.30. The average molecular weight is 1070 g/mol. The molecule has 1 amide bonds. The number of rotatable bonds is 5. The van der Waals surface area contributed by atoms with Crippen LogP contribution >= 0.6 is 91.1 Å². The SMILES string of the molecule is C.Cc1c(I)sc2c1C(c1ccc(Cl)cc1)=N[C@@H](C)C(=O)N2.Cc1c(I)sc2c1C(c1ccc(Cl)cc1)=N[C@@H](C)c1nnc(C)n1-2.N=N/N=N/N.N=N/N=N/N=N. The second kappa shape index (κ2) is 22.0. The number of hydrogen-bond donors (Lipinski definition) is 5.